The standard InChI is InChI=1S/C12H13N3O3/c1-2-10(6-13-4-1)17-8-11-14-12(15-18-11)9-3-5-16-7-9/h1-2,4,6,9H,3,5,7-8H2. The zero-order valence-electron chi connectivity index (χ0n) is 9.78. The molecule has 2 aromatic rings. The lowest BCUT2D eigenvalue weighted by Gasteiger charge is -2.01. The maximum absolute atomic E-state index is 5.48. The Morgan fingerprint density at radius 3 is 3.22 bits per heavy atom. The Balaban J connectivity index is 1.60. The van der Waals surface area contributed by atoms with Crippen LogP contribution in [0.5, 0.6) is 5.75 Å². The molecule has 0 radical (unpaired) electrons. The van der Waals surface area contributed by atoms with Gasteiger partial charge in [-0.1, -0.05) is 5.16 Å². The third-order valence-corrected chi connectivity index (χ3v) is 2.78. The molecule has 3 rings (SSSR count). The molecular weight excluding hydrogens is 234 g/mol. The van der Waals surface area contributed by atoms with Crippen LogP contribution in [0.2, 0.25) is 0 Å². The van der Waals surface area contributed by atoms with E-state index in [2.05, 4.69) is 15.1 Å². The van der Waals surface area contributed by atoms with Crippen LogP contribution < -0.4 is 4.74 Å². The van der Waals surface area contributed by atoms with Crippen molar-refractivity contribution in [3.05, 3.63) is 36.2 Å². The quantitative estimate of drug-likeness (QED) is 0.816. The average molecular weight is 247 g/mol. The van der Waals surface area contributed by atoms with Gasteiger partial charge < -0.3 is 14.0 Å². The van der Waals surface area contributed by atoms with E-state index in [1.54, 1.807) is 12.4 Å². The topological polar surface area (TPSA) is 70.3 Å². The molecule has 1 atom stereocenters. The van der Waals surface area contributed by atoms with Crippen LogP contribution in [0, 0.1) is 0 Å². The first-order valence-electron chi connectivity index (χ1n) is 5.85. The van der Waals surface area contributed by atoms with Gasteiger partial charge in [-0.3, -0.25) is 4.98 Å². The van der Waals surface area contributed by atoms with Crippen molar-refractivity contribution in [3.63, 3.8) is 0 Å². The third-order valence-electron chi connectivity index (χ3n) is 2.78. The summed E-state index contributed by atoms with van der Waals surface area (Å²) >= 11 is 0. The lowest BCUT2D eigenvalue weighted by Crippen LogP contribution is -2.01. The first kappa shape index (κ1) is 11.2. The van der Waals surface area contributed by atoms with E-state index in [4.69, 9.17) is 14.0 Å². The minimum atomic E-state index is 0.251. The van der Waals surface area contributed by atoms with Crippen LogP contribution in [-0.4, -0.2) is 28.3 Å². The molecule has 1 aliphatic heterocycles. The van der Waals surface area contributed by atoms with Gasteiger partial charge in [0.2, 0.25) is 0 Å². The van der Waals surface area contributed by atoms with Crippen LogP contribution in [0.4, 0.5) is 0 Å². The molecule has 0 aromatic carbocycles. The Labute approximate surface area is 104 Å². The highest BCUT2D eigenvalue weighted by Crippen LogP contribution is 2.22. The molecule has 0 saturated carbocycles. The van der Waals surface area contributed by atoms with Crippen LogP contribution in [0.15, 0.2) is 29.0 Å². The Morgan fingerprint density at radius 2 is 2.44 bits per heavy atom. The van der Waals surface area contributed by atoms with E-state index >= 15 is 0 Å². The summed E-state index contributed by atoms with van der Waals surface area (Å²) in [5.74, 6) is 2.11. The fourth-order valence-corrected chi connectivity index (χ4v) is 1.81. The fraction of sp³-hybridized carbons (Fsp3) is 0.417. The molecule has 94 valence electrons. The Hall–Kier alpha value is -1.95. The van der Waals surface area contributed by atoms with Crippen molar-refractivity contribution in [1.82, 2.24) is 15.1 Å². The van der Waals surface area contributed by atoms with Crippen LogP contribution in [0.25, 0.3) is 0 Å². The highest BCUT2D eigenvalue weighted by atomic mass is 16.5. The number of hydrogen-bond donors (Lipinski definition) is 0. The minimum absolute atomic E-state index is 0.251. The van der Waals surface area contributed by atoms with E-state index in [0.29, 0.717) is 24.1 Å². The fourth-order valence-electron chi connectivity index (χ4n) is 1.81. The van der Waals surface area contributed by atoms with E-state index in [-0.39, 0.29) is 12.5 Å². The SMILES string of the molecule is c1cncc(OCc2nc(C3CCOC3)no2)c1. The van der Waals surface area contributed by atoms with Gasteiger partial charge in [0.1, 0.15) is 5.75 Å². The molecular formula is C12H13N3O3. The molecule has 6 nitrogen and oxygen atoms in total. The van der Waals surface area contributed by atoms with Gasteiger partial charge in [-0.15, -0.1) is 0 Å². The van der Waals surface area contributed by atoms with E-state index in [9.17, 15) is 0 Å². The number of aromatic nitrogens is 3. The molecule has 18 heavy (non-hydrogen) atoms. The van der Waals surface area contributed by atoms with Crippen molar-refractivity contribution in [2.45, 2.75) is 18.9 Å². The molecule has 3 heterocycles. The van der Waals surface area contributed by atoms with Gasteiger partial charge in [0, 0.05) is 18.7 Å². The first-order chi connectivity index (χ1) is 8.92. The van der Waals surface area contributed by atoms with Crippen molar-refractivity contribution in [2.75, 3.05) is 13.2 Å². The van der Waals surface area contributed by atoms with Gasteiger partial charge >= 0.3 is 0 Å². The summed E-state index contributed by atoms with van der Waals surface area (Å²) in [6.07, 6.45) is 4.28. The number of hydrogen-bond acceptors (Lipinski definition) is 6. The van der Waals surface area contributed by atoms with Crippen molar-refractivity contribution < 1.29 is 14.0 Å². The molecule has 1 fully saturated rings. The lowest BCUT2D eigenvalue weighted by molar-refractivity contribution is 0.192. The van der Waals surface area contributed by atoms with E-state index < -0.39 is 0 Å². The molecule has 1 saturated heterocycles. The summed E-state index contributed by atoms with van der Waals surface area (Å²) < 4.78 is 15.9. The second-order valence-electron chi connectivity index (χ2n) is 4.08. The van der Waals surface area contributed by atoms with Gasteiger partial charge in [-0.25, -0.2) is 0 Å². The zero-order valence-corrected chi connectivity index (χ0v) is 9.78. The monoisotopic (exact) mass is 247 g/mol. The molecule has 1 unspecified atom stereocenters. The Morgan fingerprint density at radius 1 is 1.44 bits per heavy atom. The lowest BCUT2D eigenvalue weighted by atomic mass is 10.1. The van der Waals surface area contributed by atoms with Gasteiger partial charge in [0.15, 0.2) is 12.4 Å². The van der Waals surface area contributed by atoms with Crippen LogP contribution in [-0.2, 0) is 11.3 Å². The second kappa shape index (κ2) is 5.14. The van der Waals surface area contributed by atoms with Gasteiger partial charge in [-0.05, 0) is 18.6 Å². The molecule has 2 aromatic heterocycles. The predicted octanol–water partition coefficient (Wildman–Crippen LogP) is 1.55. The molecule has 1 aliphatic rings. The second-order valence-corrected chi connectivity index (χ2v) is 4.08. The number of pyridine rings is 1. The van der Waals surface area contributed by atoms with Gasteiger partial charge in [-0.2, -0.15) is 4.98 Å². The van der Waals surface area contributed by atoms with Crippen molar-refractivity contribution in [3.8, 4) is 5.75 Å². The summed E-state index contributed by atoms with van der Waals surface area (Å²) in [6.45, 7) is 1.69. The van der Waals surface area contributed by atoms with Gasteiger partial charge in [0.25, 0.3) is 5.89 Å². The van der Waals surface area contributed by atoms with Crippen molar-refractivity contribution in [2.24, 2.45) is 0 Å². The summed E-state index contributed by atoms with van der Waals surface area (Å²) in [6, 6.07) is 3.64. The molecule has 0 N–H and O–H groups in total. The van der Waals surface area contributed by atoms with Crippen LogP contribution in [0.1, 0.15) is 24.1 Å². The first-order valence-corrected chi connectivity index (χ1v) is 5.85. The maximum atomic E-state index is 5.48. The van der Waals surface area contributed by atoms with Crippen molar-refractivity contribution >= 4 is 0 Å². The summed E-state index contributed by atoms with van der Waals surface area (Å²) in [5, 5.41) is 3.95. The zero-order chi connectivity index (χ0) is 12.2. The van der Waals surface area contributed by atoms with E-state index in [1.165, 1.54) is 0 Å². The molecule has 0 amide bonds. The van der Waals surface area contributed by atoms with Crippen LogP contribution >= 0.6 is 0 Å². The Kier molecular flexibility index (Phi) is 3.18. The van der Waals surface area contributed by atoms with E-state index in [0.717, 1.165) is 13.0 Å². The largest absolute Gasteiger partial charge is 0.482 e. The number of ether oxygens (including phenoxy) is 2. The number of nitrogens with zero attached hydrogens (tertiary/aromatic N) is 3. The summed E-state index contributed by atoms with van der Waals surface area (Å²) in [7, 11) is 0. The average Bonchev–Trinajstić information content (AvgIpc) is 3.08. The summed E-state index contributed by atoms with van der Waals surface area (Å²) in [4.78, 5) is 8.26. The highest BCUT2D eigenvalue weighted by Gasteiger charge is 2.23. The van der Waals surface area contributed by atoms with Crippen molar-refractivity contribution in [1.29, 1.82) is 0 Å². The predicted molar refractivity (Wildman–Crippen MR) is 61.0 cm³/mol. The highest BCUT2D eigenvalue weighted by molar-refractivity contribution is 5.15. The Bertz CT molecular complexity index is 494. The molecule has 0 aliphatic carbocycles. The van der Waals surface area contributed by atoms with E-state index in [1.807, 2.05) is 12.1 Å². The third kappa shape index (κ3) is 2.48. The maximum Gasteiger partial charge on any atom is 0.264 e. The smallest absolute Gasteiger partial charge is 0.264 e. The minimum Gasteiger partial charge on any atom is -0.482 e. The molecule has 6 heteroatoms. The summed E-state index contributed by atoms with van der Waals surface area (Å²) in [5.41, 5.74) is 0. The normalized spacial score (nSPS) is 19.0. The molecule has 0 spiro atoms. The number of rotatable bonds is 4. The van der Waals surface area contributed by atoms with Crippen LogP contribution in [0.3, 0.4) is 0 Å². The molecule has 0 bridgehead atoms. The van der Waals surface area contributed by atoms with Gasteiger partial charge in [0.05, 0.1) is 12.8 Å².